The Balaban J connectivity index is 2.22. The molecular weight excluding hydrogens is 238 g/mol. The van der Waals surface area contributed by atoms with E-state index in [0.29, 0.717) is 19.6 Å². The number of ether oxygens (including phenoxy) is 2. The molecule has 1 aliphatic rings. The maximum atomic E-state index is 11.9. The summed E-state index contributed by atoms with van der Waals surface area (Å²) in [5.74, 6) is -0.666. The Kier molecular flexibility index (Phi) is 3.57. The molecule has 0 spiro atoms. The molecule has 2 rings (SSSR count). The third kappa shape index (κ3) is 2.65. The van der Waals surface area contributed by atoms with Crippen molar-refractivity contribution in [2.75, 3.05) is 13.2 Å². The van der Waals surface area contributed by atoms with Crippen LogP contribution in [0.1, 0.15) is 22.3 Å². The van der Waals surface area contributed by atoms with Gasteiger partial charge in [0.05, 0.1) is 18.1 Å². The second-order valence-corrected chi connectivity index (χ2v) is 4.17. The Morgan fingerprint density at radius 2 is 2.33 bits per heavy atom. The molecule has 18 heavy (non-hydrogen) atoms. The van der Waals surface area contributed by atoms with Gasteiger partial charge in [-0.15, -0.1) is 0 Å². The quantitative estimate of drug-likeness (QED) is 0.465. The number of nitro benzene ring substituents is 1. The van der Waals surface area contributed by atoms with Crippen molar-refractivity contribution < 1.29 is 19.2 Å². The standard InChI is InChI=1S/C12H13NO5/c1-8-2-3-11(13(15)16)10(6-8)12(14)18-9-4-5-17-7-9/h2-3,6,9H,4-5,7H2,1H3/t9-/m1/s1. The van der Waals surface area contributed by atoms with Crippen molar-refractivity contribution in [1.29, 1.82) is 0 Å². The fourth-order valence-corrected chi connectivity index (χ4v) is 1.79. The Morgan fingerprint density at radius 3 is 2.94 bits per heavy atom. The van der Waals surface area contributed by atoms with Crippen LogP contribution in [0.15, 0.2) is 18.2 Å². The molecule has 1 heterocycles. The van der Waals surface area contributed by atoms with Gasteiger partial charge in [-0.1, -0.05) is 6.07 Å². The summed E-state index contributed by atoms with van der Waals surface area (Å²) in [7, 11) is 0. The van der Waals surface area contributed by atoms with E-state index in [1.165, 1.54) is 12.1 Å². The van der Waals surface area contributed by atoms with Crippen molar-refractivity contribution in [1.82, 2.24) is 0 Å². The molecular formula is C12H13NO5. The molecule has 1 saturated heterocycles. The summed E-state index contributed by atoms with van der Waals surface area (Å²) in [5.41, 5.74) is 0.534. The third-order valence-corrected chi connectivity index (χ3v) is 2.73. The van der Waals surface area contributed by atoms with Crippen LogP contribution in [0.2, 0.25) is 0 Å². The Labute approximate surface area is 104 Å². The van der Waals surface area contributed by atoms with Crippen molar-refractivity contribution in [3.63, 3.8) is 0 Å². The number of hydrogen-bond acceptors (Lipinski definition) is 5. The number of nitrogens with zero attached hydrogens (tertiary/aromatic N) is 1. The van der Waals surface area contributed by atoms with Gasteiger partial charge in [0.25, 0.3) is 5.69 Å². The first-order chi connectivity index (χ1) is 8.58. The predicted molar refractivity (Wildman–Crippen MR) is 62.5 cm³/mol. The average molecular weight is 251 g/mol. The zero-order chi connectivity index (χ0) is 13.1. The first kappa shape index (κ1) is 12.5. The molecule has 6 nitrogen and oxygen atoms in total. The van der Waals surface area contributed by atoms with E-state index >= 15 is 0 Å². The lowest BCUT2D eigenvalue weighted by atomic mass is 10.1. The van der Waals surface area contributed by atoms with Gasteiger partial charge in [-0.3, -0.25) is 10.1 Å². The molecule has 1 aromatic carbocycles. The Bertz CT molecular complexity index is 479. The normalized spacial score (nSPS) is 18.6. The molecule has 1 atom stereocenters. The summed E-state index contributed by atoms with van der Waals surface area (Å²) in [6.45, 7) is 2.67. The molecule has 0 bridgehead atoms. The van der Waals surface area contributed by atoms with E-state index in [0.717, 1.165) is 5.56 Å². The molecule has 6 heteroatoms. The zero-order valence-corrected chi connectivity index (χ0v) is 9.92. The van der Waals surface area contributed by atoms with E-state index in [1.807, 2.05) is 0 Å². The molecule has 0 amide bonds. The van der Waals surface area contributed by atoms with Crippen LogP contribution >= 0.6 is 0 Å². The van der Waals surface area contributed by atoms with Gasteiger partial charge in [-0.2, -0.15) is 0 Å². The van der Waals surface area contributed by atoms with Crippen LogP contribution in [0.25, 0.3) is 0 Å². The number of carbonyl (C=O) groups excluding carboxylic acids is 1. The number of rotatable bonds is 3. The van der Waals surface area contributed by atoms with Crippen molar-refractivity contribution in [2.24, 2.45) is 0 Å². The van der Waals surface area contributed by atoms with Crippen molar-refractivity contribution >= 4 is 11.7 Å². The highest BCUT2D eigenvalue weighted by Crippen LogP contribution is 2.22. The van der Waals surface area contributed by atoms with Gasteiger partial charge in [0, 0.05) is 12.5 Å². The predicted octanol–water partition coefficient (Wildman–Crippen LogP) is 1.85. The molecule has 0 aliphatic carbocycles. The molecule has 1 aromatic rings. The highest BCUT2D eigenvalue weighted by molar-refractivity contribution is 5.94. The summed E-state index contributed by atoms with van der Waals surface area (Å²) in [5, 5.41) is 10.8. The van der Waals surface area contributed by atoms with Crippen molar-refractivity contribution in [3.8, 4) is 0 Å². The zero-order valence-electron chi connectivity index (χ0n) is 9.92. The minimum Gasteiger partial charge on any atom is -0.456 e. The SMILES string of the molecule is Cc1ccc([N+](=O)[O-])c(C(=O)O[C@@H]2CCOC2)c1. The summed E-state index contributed by atoms with van der Waals surface area (Å²) in [6, 6.07) is 4.38. The molecule has 96 valence electrons. The average Bonchev–Trinajstić information content (AvgIpc) is 2.81. The number of hydrogen-bond donors (Lipinski definition) is 0. The van der Waals surface area contributed by atoms with Crippen LogP contribution in [0.3, 0.4) is 0 Å². The molecule has 1 aliphatic heterocycles. The number of carbonyl (C=O) groups is 1. The molecule has 0 radical (unpaired) electrons. The maximum absolute atomic E-state index is 11.9. The Hall–Kier alpha value is -1.95. The minimum absolute atomic E-state index is 0.00750. The van der Waals surface area contributed by atoms with Crippen LogP contribution in [0.5, 0.6) is 0 Å². The van der Waals surface area contributed by atoms with Gasteiger partial charge >= 0.3 is 5.97 Å². The van der Waals surface area contributed by atoms with Gasteiger partial charge < -0.3 is 9.47 Å². The van der Waals surface area contributed by atoms with E-state index in [1.54, 1.807) is 13.0 Å². The smallest absolute Gasteiger partial charge is 0.345 e. The van der Waals surface area contributed by atoms with Gasteiger partial charge in [0.1, 0.15) is 11.7 Å². The fourth-order valence-electron chi connectivity index (χ4n) is 1.79. The highest BCUT2D eigenvalue weighted by atomic mass is 16.6. The molecule has 0 aromatic heterocycles. The maximum Gasteiger partial charge on any atom is 0.345 e. The first-order valence-corrected chi connectivity index (χ1v) is 5.61. The van der Waals surface area contributed by atoms with E-state index in [4.69, 9.17) is 9.47 Å². The van der Waals surface area contributed by atoms with Crippen LogP contribution in [0, 0.1) is 17.0 Å². The molecule has 0 saturated carbocycles. The third-order valence-electron chi connectivity index (χ3n) is 2.73. The minimum atomic E-state index is -0.666. The lowest BCUT2D eigenvalue weighted by molar-refractivity contribution is -0.385. The van der Waals surface area contributed by atoms with E-state index < -0.39 is 10.9 Å². The van der Waals surface area contributed by atoms with Gasteiger partial charge in [-0.25, -0.2) is 4.79 Å². The number of benzene rings is 1. The van der Waals surface area contributed by atoms with Crippen LogP contribution in [-0.2, 0) is 9.47 Å². The summed E-state index contributed by atoms with van der Waals surface area (Å²) >= 11 is 0. The number of nitro groups is 1. The monoisotopic (exact) mass is 251 g/mol. The molecule has 1 fully saturated rings. The number of aryl methyl sites for hydroxylation is 1. The fraction of sp³-hybridized carbons (Fsp3) is 0.417. The molecule has 0 N–H and O–H groups in total. The largest absolute Gasteiger partial charge is 0.456 e. The van der Waals surface area contributed by atoms with Gasteiger partial charge in [0.15, 0.2) is 0 Å². The van der Waals surface area contributed by atoms with Crippen LogP contribution in [0.4, 0.5) is 5.69 Å². The lowest BCUT2D eigenvalue weighted by Gasteiger charge is -2.10. The van der Waals surface area contributed by atoms with E-state index in [-0.39, 0.29) is 17.4 Å². The summed E-state index contributed by atoms with van der Waals surface area (Å²) in [4.78, 5) is 22.2. The van der Waals surface area contributed by atoms with Gasteiger partial charge in [0.2, 0.25) is 0 Å². The summed E-state index contributed by atoms with van der Waals surface area (Å²) < 4.78 is 10.3. The van der Waals surface area contributed by atoms with E-state index in [2.05, 4.69) is 0 Å². The highest BCUT2D eigenvalue weighted by Gasteiger charge is 2.26. The first-order valence-electron chi connectivity index (χ1n) is 5.61. The second kappa shape index (κ2) is 5.14. The topological polar surface area (TPSA) is 78.7 Å². The number of esters is 1. The second-order valence-electron chi connectivity index (χ2n) is 4.17. The lowest BCUT2D eigenvalue weighted by Crippen LogP contribution is -2.19. The Morgan fingerprint density at radius 1 is 1.56 bits per heavy atom. The van der Waals surface area contributed by atoms with Crippen molar-refractivity contribution in [3.05, 3.63) is 39.4 Å². The van der Waals surface area contributed by atoms with Gasteiger partial charge in [-0.05, 0) is 18.6 Å². The molecule has 0 unspecified atom stereocenters. The van der Waals surface area contributed by atoms with E-state index in [9.17, 15) is 14.9 Å². The van der Waals surface area contributed by atoms with Crippen molar-refractivity contribution in [2.45, 2.75) is 19.4 Å². The van der Waals surface area contributed by atoms with Crippen LogP contribution in [-0.4, -0.2) is 30.2 Å². The van der Waals surface area contributed by atoms with Crippen LogP contribution < -0.4 is 0 Å². The summed E-state index contributed by atoms with van der Waals surface area (Å²) in [6.07, 6.45) is 0.323.